The summed E-state index contributed by atoms with van der Waals surface area (Å²) >= 11 is 0. The Bertz CT molecular complexity index is 1160. The molecular formula is C20H23N7O4. The molecule has 0 saturated carbocycles. The number of imide groups is 1. The minimum absolute atomic E-state index is 0.153. The highest BCUT2D eigenvalue weighted by atomic mass is 16.2. The van der Waals surface area contributed by atoms with E-state index < -0.39 is 23.2 Å². The molecule has 1 atom stereocenters. The number of rotatable bonds is 7. The molecule has 11 nitrogen and oxygen atoms in total. The number of piperidine rings is 1. The summed E-state index contributed by atoms with van der Waals surface area (Å²) in [5.74, 6) is -0.790. The Morgan fingerprint density at radius 2 is 2.06 bits per heavy atom. The molecule has 2 aliphatic rings. The predicted molar refractivity (Wildman–Crippen MR) is 111 cm³/mol. The van der Waals surface area contributed by atoms with Gasteiger partial charge >= 0.3 is 0 Å². The summed E-state index contributed by atoms with van der Waals surface area (Å²) in [7, 11) is 0. The number of benzene rings is 1. The molecule has 162 valence electrons. The standard InChI is InChI=1S/C20H23N7O4/c1-11-22-17-12(19(31)27(11)14-5-6-15(28)24-18(14)30)3-2-4-13(17)23-16(29)7-8-20(9-10-21)25-26-20/h2-4,14H,5-10,21H2,1H3,(H,23,29)(H,24,28,30). The molecule has 2 aliphatic heterocycles. The number of amides is 3. The maximum Gasteiger partial charge on any atom is 0.262 e. The van der Waals surface area contributed by atoms with Gasteiger partial charge in [-0.1, -0.05) is 6.07 Å². The summed E-state index contributed by atoms with van der Waals surface area (Å²) in [6.45, 7) is 2.07. The van der Waals surface area contributed by atoms with Crippen molar-refractivity contribution in [3.8, 4) is 0 Å². The Morgan fingerprint density at radius 1 is 1.29 bits per heavy atom. The van der Waals surface area contributed by atoms with Gasteiger partial charge in [0.1, 0.15) is 17.4 Å². The third-order valence-corrected chi connectivity index (χ3v) is 5.58. The van der Waals surface area contributed by atoms with Crippen molar-refractivity contribution in [2.75, 3.05) is 11.9 Å². The first-order chi connectivity index (χ1) is 14.8. The molecule has 4 N–H and O–H groups in total. The smallest absolute Gasteiger partial charge is 0.262 e. The lowest BCUT2D eigenvalue weighted by molar-refractivity contribution is -0.135. The average Bonchev–Trinajstić information content (AvgIpc) is 3.49. The zero-order valence-electron chi connectivity index (χ0n) is 17.1. The van der Waals surface area contributed by atoms with Gasteiger partial charge in [0.15, 0.2) is 5.66 Å². The Kier molecular flexibility index (Phi) is 5.36. The van der Waals surface area contributed by atoms with E-state index in [2.05, 4.69) is 25.8 Å². The number of para-hydroxylation sites is 1. The lowest BCUT2D eigenvalue weighted by atomic mass is 10.0. The van der Waals surface area contributed by atoms with Crippen molar-refractivity contribution in [1.29, 1.82) is 0 Å². The van der Waals surface area contributed by atoms with Crippen LogP contribution in [0.5, 0.6) is 0 Å². The van der Waals surface area contributed by atoms with Gasteiger partial charge in [-0.05, 0) is 32.0 Å². The number of carbonyl (C=O) groups is 3. The van der Waals surface area contributed by atoms with Crippen LogP contribution in [-0.4, -0.2) is 39.5 Å². The molecule has 0 spiro atoms. The van der Waals surface area contributed by atoms with E-state index in [0.29, 0.717) is 36.4 Å². The van der Waals surface area contributed by atoms with E-state index in [1.54, 1.807) is 25.1 Å². The second-order valence-corrected chi connectivity index (χ2v) is 7.77. The van der Waals surface area contributed by atoms with Crippen molar-refractivity contribution in [2.45, 2.75) is 50.7 Å². The van der Waals surface area contributed by atoms with Crippen LogP contribution in [0.4, 0.5) is 5.69 Å². The summed E-state index contributed by atoms with van der Waals surface area (Å²) in [6.07, 6.45) is 1.66. The molecule has 1 unspecified atom stereocenters. The Morgan fingerprint density at radius 3 is 2.74 bits per heavy atom. The van der Waals surface area contributed by atoms with E-state index in [-0.39, 0.29) is 36.5 Å². The molecule has 4 rings (SSSR count). The van der Waals surface area contributed by atoms with Gasteiger partial charge in [0.25, 0.3) is 5.56 Å². The fraction of sp³-hybridized carbons (Fsp3) is 0.450. The minimum atomic E-state index is -0.801. The summed E-state index contributed by atoms with van der Waals surface area (Å²) in [4.78, 5) is 53.8. The van der Waals surface area contributed by atoms with Gasteiger partial charge in [-0.15, -0.1) is 0 Å². The second-order valence-electron chi connectivity index (χ2n) is 7.77. The summed E-state index contributed by atoms with van der Waals surface area (Å²) in [5, 5.41) is 13.3. The Labute approximate surface area is 177 Å². The van der Waals surface area contributed by atoms with Crippen LogP contribution in [0.1, 0.15) is 44.0 Å². The number of hydrogen-bond donors (Lipinski definition) is 3. The fourth-order valence-electron chi connectivity index (χ4n) is 3.88. The number of nitrogens with two attached hydrogens (primary N) is 1. The molecule has 2 aromatic rings. The van der Waals surface area contributed by atoms with E-state index in [1.165, 1.54) is 4.57 Å². The van der Waals surface area contributed by atoms with Gasteiger partial charge in [-0.3, -0.25) is 29.1 Å². The number of fused-ring (bicyclic) bond motifs is 1. The van der Waals surface area contributed by atoms with Crippen molar-refractivity contribution in [1.82, 2.24) is 14.9 Å². The highest BCUT2D eigenvalue weighted by molar-refractivity contribution is 6.01. The lowest BCUT2D eigenvalue weighted by Gasteiger charge is -2.24. The molecule has 1 aromatic heterocycles. The number of hydrogen-bond acceptors (Lipinski definition) is 8. The molecule has 11 heteroatoms. The second kappa shape index (κ2) is 7.99. The molecule has 0 bridgehead atoms. The molecular weight excluding hydrogens is 402 g/mol. The van der Waals surface area contributed by atoms with E-state index >= 15 is 0 Å². The van der Waals surface area contributed by atoms with Crippen LogP contribution in [-0.2, 0) is 14.4 Å². The molecule has 31 heavy (non-hydrogen) atoms. The Hall–Kier alpha value is -3.47. The molecule has 3 amide bonds. The minimum Gasteiger partial charge on any atom is -0.330 e. The summed E-state index contributed by atoms with van der Waals surface area (Å²) in [6, 6.07) is 4.11. The van der Waals surface area contributed by atoms with Gasteiger partial charge in [-0.2, -0.15) is 10.2 Å². The van der Waals surface area contributed by atoms with Crippen LogP contribution < -0.4 is 21.9 Å². The van der Waals surface area contributed by atoms with Gasteiger partial charge in [0, 0.05) is 25.7 Å². The molecule has 0 aliphatic carbocycles. The largest absolute Gasteiger partial charge is 0.330 e. The van der Waals surface area contributed by atoms with Crippen molar-refractivity contribution in [2.24, 2.45) is 16.0 Å². The summed E-state index contributed by atoms with van der Waals surface area (Å²) in [5.41, 5.74) is 5.38. The van der Waals surface area contributed by atoms with Crippen LogP contribution >= 0.6 is 0 Å². The van der Waals surface area contributed by atoms with Crippen molar-refractivity contribution >= 4 is 34.3 Å². The molecule has 1 fully saturated rings. The van der Waals surface area contributed by atoms with Gasteiger partial charge < -0.3 is 11.1 Å². The van der Waals surface area contributed by atoms with E-state index in [1.807, 2.05) is 0 Å². The van der Waals surface area contributed by atoms with Crippen LogP contribution in [0.2, 0.25) is 0 Å². The average molecular weight is 425 g/mol. The molecule has 1 saturated heterocycles. The predicted octanol–water partition coefficient (Wildman–Crippen LogP) is 0.912. The molecule has 1 aromatic carbocycles. The molecule has 0 radical (unpaired) electrons. The SMILES string of the molecule is Cc1nc2c(NC(=O)CCC3(CCN)N=N3)cccc2c(=O)n1C1CCC(=O)NC1=O. The topological polar surface area (TPSA) is 161 Å². The van der Waals surface area contributed by atoms with Crippen molar-refractivity contribution in [3.05, 3.63) is 34.4 Å². The van der Waals surface area contributed by atoms with Crippen LogP contribution in [0.25, 0.3) is 10.9 Å². The van der Waals surface area contributed by atoms with E-state index in [9.17, 15) is 19.2 Å². The van der Waals surface area contributed by atoms with Gasteiger partial charge in [0.05, 0.1) is 11.1 Å². The van der Waals surface area contributed by atoms with E-state index in [4.69, 9.17) is 5.73 Å². The monoisotopic (exact) mass is 425 g/mol. The van der Waals surface area contributed by atoms with Crippen LogP contribution in [0.3, 0.4) is 0 Å². The molecule has 3 heterocycles. The zero-order valence-corrected chi connectivity index (χ0v) is 17.1. The fourth-order valence-corrected chi connectivity index (χ4v) is 3.88. The first kappa shape index (κ1) is 20.8. The first-order valence-electron chi connectivity index (χ1n) is 10.1. The number of nitrogens with one attached hydrogen (secondary N) is 2. The highest BCUT2D eigenvalue weighted by Crippen LogP contribution is 2.36. The van der Waals surface area contributed by atoms with Gasteiger partial charge in [0.2, 0.25) is 17.7 Å². The van der Waals surface area contributed by atoms with Crippen LogP contribution in [0, 0.1) is 6.92 Å². The third-order valence-electron chi connectivity index (χ3n) is 5.58. The zero-order chi connectivity index (χ0) is 22.2. The van der Waals surface area contributed by atoms with E-state index in [0.717, 1.165) is 0 Å². The number of anilines is 1. The number of aromatic nitrogens is 2. The normalized spacial score (nSPS) is 19.4. The summed E-state index contributed by atoms with van der Waals surface area (Å²) < 4.78 is 1.31. The first-order valence-corrected chi connectivity index (χ1v) is 10.1. The van der Waals surface area contributed by atoms with Gasteiger partial charge in [-0.25, -0.2) is 4.98 Å². The van der Waals surface area contributed by atoms with Crippen LogP contribution in [0.15, 0.2) is 33.2 Å². The number of nitrogens with zero attached hydrogens (tertiary/aromatic N) is 4. The quantitative estimate of drug-likeness (QED) is 0.559. The van der Waals surface area contributed by atoms with Crippen molar-refractivity contribution < 1.29 is 14.4 Å². The number of carbonyl (C=O) groups excluding carboxylic acids is 3. The number of aryl methyl sites for hydroxylation is 1. The maximum atomic E-state index is 13.2. The Balaban J connectivity index is 1.59. The van der Waals surface area contributed by atoms with Crippen molar-refractivity contribution in [3.63, 3.8) is 0 Å². The third kappa shape index (κ3) is 4.08. The highest BCUT2D eigenvalue weighted by Gasteiger charge is 2.39. The maximum absolute atomic E-state index is 13.2. The lowest BCUT2D eigenvalue weighted by Crippen LogP contribution is -2.45.